The molecule has 1 atom stereocenters. The first-order chi connectivity index (χ1) is 20.0. The van der Waals surface area contributed by atoms with E-state index in [0.29, 0.717) is 37.4 Å². The van der Waals surface area contributed by atoms with Gasteiger partial charge in [0.2, 0.25) is 0 Å². The topological polar surface area (TPSA) is 66.0 Å². The van der Waals surface area contributed by atoms with Gasteiger partial charge in [-0.15, -0.1) is 0 Å². The molecule has 0 bridgehead atoms. The normalized spacial score (nSPS) is 16.1. The summed E-state index contributed by atoms with van der Waals surface area (Å²) >= 11 is 7.54. The second kappa shape index (κ2) is 10.3. The Labute approximate surface area is 245 Å². The van der Waals surface area contributed by atoms with Gasteiger partial charge in [0.25, 0.3) is 5.56 Å². The first-order valence-electron chi connectivity index (χ1n) is 13.2. The summed E-state index contributed by atoms with van der Waals surface area (Å²) in [5, 5.41) is 0.634. The Morgan fingerprint density at radius 3 is 2.66 bits per heavy atom. The van der Waals surface area contributed by atoms with Gasteiger partial charge >= 0.3 is 0 Å². The van der Waals surface area contributed by atoms with Crippen LogP contribution in [0.25, 0.3) is 23.1 Å². The van der Waals surface area contributed by atoms with Gasteiger partial charge in [-0.25, -0.2) is 4.99 Å². The van der Waals surface area contributed by atoms with Crippen LogP contribution < -0.4 is 24.4 Å². The van der Waals surface area contributed by atoms with Crippen LogP contribution in [0.2, 0.25) is 5.02 Å². The Kier molecular flexibility index (Phi) is 6.41. The Morgan fingerprint density at radius 1 is 0.976 bits per heavy atom. The van der Waals surface area contributed by atoms with Crippen LogP contribution in [0, 0.1) is 0 Å². The van der Waals surface area contributed by atoms with Gasteiger partial charge in [0, 0.05) is 22.2 Å². The number of fused-ring (bicyclic) bond motifs is 3. The highest BCUT2D eigenvalue weighted by molar-refractivity contribution is 7.07. The van der Waals surface area contributed by atoms with Gasteiger partial charge in [0.15, 0.2) is 16.3 Å². The third-order valence-electron chi connectivity index (χ3n) is 7.61. The summed E-state index contributed by atoms with van der Waals surface area (Å²) in [5.74, 6) is 2.52. The number of ether oxygens (including phenoxy) is 2. The van der Waals surface area contributed by atoms with Crippen LogP contribution in [-0.2, 0) is 6.42 Å². The van der Waals surface area contributed by atoms with E-state index in [1.54, 1.807) is 20.3 Å². The fraction of sp³-hybridized carbons (Fsp3) is 0.152. The third-order valence-corrected chi connectivity index (χ3v) is 8.82. The molecule has 0 amide bonds. The molecule has 204 valence electrons. The second-order valence-corrected chi connectivity index (χ2v) is 11.4. The van der Waals surface area contributed by atoms with E-state index in [1.165, 1.54) is 16.9 Å². The molecular weight excluding hydrogens is 556 g/mol. The van der Waals surface area contributed by atoms with Gasteiger partial charge in [-0.05, 0) is 65.9 Å². The SMILES string of the molecule is COc1ccc([C@H]2C3=C(N=c4s/c(=C\c5ccc(-c6cccc(Cl)c6)o5)c(=O)n42)c2ccccc2CC3)cc1OC. The van der Waals surface area contributed by atoms with Crippen molar-refractivity contribution in [1.29, 1.82) is 0 Å². The fourth-order valence-electron chi connectivity index (χ4n) is 5.70. The van der Waals surface area contributed by atoms with Crippen LogP contribution in [0.4, 0.5) is 0 Å². The molecule has 8 heteroatoms. The van der Waals surface area contributed by atoms with Gasteiger partial charge in [-0.3, -0.25) is 9.36 Å². The molecule has 2 aliphatic rings. The first kappa shape index (κ1) is 25.6. The van der Waals surface area contributed by atoms with Crippen molar-refractivity contribution in [3.05, 3.63) is 132 Å². The summed E-state index contributed by atoms with van der Waals surface area (Å²) in [6.45, 7) is 0. The van der Waals surface area contributed by atoms with Crippen LogP contribution in [0.1, 0.15) is 34.9 Å². The van der Waals surface area contributed by atoms with Crippen LogP contribution in [0.15, 0.2) is 98.6 Å². The first-order valence-corrected chi connectivity index (χ1v) is 14.4. The predicted octanol–water partition coefficient (Wildman–Crippen LogP) is 6.25. The third kappa shape index (κ3) is 4.42. The number of aryl methyl sites for hydroxylation is 1. The van der Waals surface area contributed by atoms with Crippen molar-refractivity contribution in [3.8, 4) is 22.8 Å². The quantitative estimate of drug-likeness (QED) is 0.246. The molecule has 0 radical (unpaired) electrons. The minimum atomic E-state index is -0.324. The van der Waals surface area contributed by atoms with Gasteiger partial charge in [0.1, 0.15) is 11.5 Å². The van der Waals surface area contributed by atoms with E-state index < -0.39 is 0 Å². The molecule has 1 aliphatic heterocycles. The minimum Gasteiger partial charge on any atom is -0.493 e. The monoisotopic (exact) mass is 580 g/mol. The number of rotatable bonds is 5. The van der Waals surface area contributed by atoms with Crippen LogP contribution in [0.5, 0.6) is 11.5 Å². The highest BCUT2D eigenvalue weighted by Crippen LogP contribution is 2.42. The number of thiazole rings is 1. The molecule has 7 rings (SSSR count). The molecule has 0 saturated carbocycles. The molecule has 0 saturated heterocycles. The number of aromatic nitrogens is 1. The number of nitrogens with zero attached hydrogens (tertiary/aromatic N) is 2. The summed E-state index contributed by atoms with van der Waals surface area (Å²) in [4.78, 5) is 19.8. The molecule has 1 aliphatic carbocycles. The van der Waals surface area contributed by atoms with Gasteiger partial charge in [-0.1, -0.05) is 65.4 Å². The van der Waals surface area contributed by atoms with E-state index >= 15 is 0 Å². The highest BCUT2D eigenvalue weighted by Gasteiger charge is 2.33. The summed E-state index contributed by atoms with van der Waals surface area (Å²) < 4.78 is 19.6. The van der Waals surface area contributed by atoms with Gasteiger partial charge in [-0.2, -0.15) is 0 Å². The number of benzene rings is 3. The Balaban J connectivity index is 1.41. The number of allylic oxidation sites excluding steroid dienone is 1. The van der Waals surface area contributed by atoms with E-state index in [2.05, 4.69) is 18.2 Å². The highest BCUT2D eigenvalue weighted by atomic mass is 35.5. The van der Waals surface area contributed by atoms with Crippen molar-refractivity contribution >= 4 is 34.7 Å². The predicted molar refractivity (Wildman–Crippen MR) is 161 cm³/mol. The standard InChI is InChI=1S/C33H25ClN2O4S/c1-38-27-14-11-21(17-28(27)39-2)31-25-13-10-19-6-3-4-9-24(19)30(25)35-33-36(31)32(37)29(41-33)18-23-12-15-26(40-23)20-7-5-8-22(34)16-20/h3-9,11-12,14-18,31H,10,13H2,1-2H3/b29-18-/t31-/m0/s1. The number of methoxy groups -OCH3 is 2. The number of hydrogen-bond acceptors (Lipinski definition) is 6. The molecule has 5 aromatic rings. The number of hydrogen-bond donors (Lipinski definition) is 0. The van der Waals surface area contributed by atoms with E-state index in [0.717, 1.165) is 40.8 Å². The second-order valence-electron chi connectivity index (χ2n) is 9.94. The van der Waals surface area contributed by atoms with E-state index in [-0.39, 0.29) is 11.6 Å². The lowest BCUT2D eigenvalue weighted by Crippen LogP contribution is -2.38. The minimum absolute atomic E-state index is 0.111. The maximum absolute atomic E-state index is 14.1. The average Bonchev–Trinajstić information content (AvgIpc) is 3.60. The Hall–Kier alpha value is -4.33. The summed E-state index contributed by atoms with van der Waals surface area (Å²) in [5.41, 5.74) is 6.16. The van der Waals surface area contributed by atoms with Gasteiger partial charge in [0.05, 0.1) is 30.5 Å². The lowest BCUT2D eigenvalue weighted by Gasteiger charge is -2.31. The van der Waals surface area contributed by atoms with Crippen molar-refractivity contribution in [1.82, 2.24) is 4.57 Å². The summed E-state index contributed by atoms with van der Waals surface area (Å²) in [7, 11) is 3.24. The zero-order chi connectivity index (χ0) is 28.1. The van der Waals surface area contributed by atoms with Gasteiger partial charge < -0.3 is 13.9 Å². The molecule has 3 heterocycles. The molecule has 0 N–H and O–H groups in total. The van der Waals surface area contributed by atoms with Crippen LogP contribution in [0.3, 0.4) is 0 Å². The van der Waals surface area contributed by atoms with Crippen molar-refractivity contribution in [2.75, 3.05) is 14.2 Å². The van der Waals surface area contributed by atoms with Crippen molar-refractivity contribution in [2.45, 2.75) is 18.9 Å². The lowest BCUT2D eigenvalue weighted by molar-refractivity contribution is 0.354. The molecule has 41 heavy (non-hydrogen) atoms. The van der Waals surface area contributed by atoms with E-state index in [9.17, 15) is 4.79 Å². The maximum atomic E-state index is 14.1. The van der Waals surface area contributed by atoms with E-state index in [4.69, 9.17) is 30.5 Å². The number of furan rings is 1. The Bertz CT molecular complexity index is 2030. The summed E-state index contributed by atoms with van der Waals surface area (Å²) in [6, 6.07) is 25.1. The largest absolute Gasteiger partial charge is 0.493 e. The molecule has 3 aromatic carbocycles. The van der Waals surface area contributed by atoms with Crippen LogP contribution in [-0.4, -0.2) is 18.8 Å². The molecule has 2 aromatic heterocycles. The summed E-state index contributed by atoms with van der Waals surface area (Å²) in [6.07, 6.45) is 3.48. The molecular formula is C33H25ClN2O4S. The average molecular weight is 581 g/mol. The van der Waals surface area contributed by atoms with Crippen LogP contribution >= 0.6 is 22.9 Å². The maximum Gasteiger partial charge on any atom is 0.271 e. The van der Waals surface area contributed by atoms with E-state index in [1.807, 2.05) is 65.2 Å². The molecule has 6 nitrogen and oxygen atoms in total. The molecule has 0 unspecified atom stereocenters. The van der Waals surface area contributed by atoms with Crippen molar-refractivity contribution in [3.63, 3.8) is 0 Å². The molecule has 0 fully saturated rings. The lowest BCUT2D eigenvalue weighted by atomic mass is 9.83. The zero-order valence-corrected chi connectivity index (χ0v) is 24.0. The zero-order valence-electron chi connectivity index (χ0n) is 22.4. The fourth-order valence-corrected chi connectivity index (χ4v) is 6.87. The Morgan fingerprint density at radius 2 is 1.83 bits per heavy atom. The number of halogens is 1. The smallest absolute Gasteiger partial charge is 0.271 e. The molecule has 0 spiro atoms. The van der Waals surface area contributed by atoms with Crippen molar-refractivity contribution < 1.29 is 13.9 Å². The van der Waals surface area contributed by atoms with Crippen molar-refractivity contribution in [2.24, 2.45) is 4.99 Å².